The van der Waals surface area contributed by atoms with Crippen LogP contribution in [0, 0.1) is 25.2 Å². The number of aryl methyl sites for hydroxylation is 1. The summed E-state index contributed by atoms with van der Waals surface area (Å²) in [6.45, 7) is 3.76. The van der Waals surface area contributed by atoms with Gasteiger partial charge in [-0.05, 0) is 55.3 Å². The molecule has 0 aliphatic carbocycles. The van der Waals surface area contributed by atoms with E-state index in [4.69, 9.17) is 14.7 Å². The minimum atomic E-state index is -0.486. The van der Waals surface area contributed by atoms with Crippen LogP contribution in [0.1, 0.15) is 16.7 Å². The Kier molecular flexibility index (Phi) is 4.57. The minimum absolute atomic E-state index is 0.162. The third kappa shape index (κ3) is 3.83. The van der Waals surface area contributed by atoms with Gasteiger partial charge in [-0.1, -0.05) is 12.1 Å². The van der Waals surface area contributed by atoms with E-state index in [1.165, 1.54) is 0 Å². The van der Waals surface area contributed by atoms with Gasteiger partial charge in [-0.2, -0.15) is 5.26 Å². The van der Waals surface area contributed by atoms with E-state index in [0.717, 1.165) is 11.1 Å². The summed E-state index contributed by atoms with van der Waals surface area (Å²) < 4.78 is 10.6. The zero-order valence-electron chi connectivity index (χ0n) is 11.9. The summed E-state index contributed by atoms with van der Waals surface area (Å²) in [7, 11) is 0. The molecule has 0 fully saturated rings. The van der Waals surface area contributed by atoms with Gasteiger partial charge in [0.15, 0.2) is 6.61 Å². The third-order valence-electron chi connectivity index (χ3n) is 3.12. The molecule has 0 aliphatic heterocycles. The van der Waals surface area contributed by atoms with Crippen molar-refractivity contribution in [1.82, 2.24) is 0 Å². The number of ether oxygens (including phenoxy) is 2. The van der Waals surface area contributed by atoms with Gasteiger partial charge in [-0.15, -0.1) is 0 Å². The number of benzene rings is 2. The summed E-state index contributed by atoms with van der Waals surface area (Å²) in [5.41, 5.74) is 2.62. The Balaban J connectivity index is 1.93. The Morgan fingerprint density at radius 3 is 2.52 bits per heavy atom. The van der Waals surface area contributed by atoms with Crippen LogP contribution in [-0.2, 0) is 4.79 Å². The predicted octanol–water partition coefficient (Wildman–Crippen LogP) is 3.16. The number of hydrogen-bond acceptors (Lipinski definition) is 4. The van der Waals surface area contributed by atoms with Crippen LogP contribution in [0.2, 0.25) is 0 Å². The second-order valence-electron chi connectivity index (χ2n) is 4.60. The molecule has 0 radical (unpaired) electrons. The van der Waals surface area contributed by atoms with E-state index in [2.05, 4.69) is 0 Å². The first-order valence-electron chi connectivity index (χ1n) is 6.50. The summed E-state index contributed by atoms with van der Waals surface area (Å²) >= 11 is 0. The second-order valence-corrected chi connectivity index (χ2v) is 4.60. The fourth-order valence-corrected chi connectivity index (χ4v) is 1.78. The normalized spacial score (nSPS) is 9.76. The highest BCUT2D eigenvalue weighted by atomic mass is 16.6. The monoisotopic (exact) mass is 281 g/mol. The molecule has 0 spiro atoms. The van der Waals surface area contributed by atoms with Gasteiger partial charge in [0.1, 0.15) is 11.5 Å². The molecular weight excluding hydrogens is 266 g/mol. The summed E-state index contributed by atoms with van der Waals surface area (Å²) in [4.78, 5) is 11.7. The molecule has 0 amide bonds. The van der Waals surface area contributed by atoms with Crippen LogP contribution in [0.4, 0.5) is 0 Å². The number of nitriles is 1. The molecule has 0 heterocycles. The van der Waals surface area contributed by atoms with Crippen LogP contribution in [0.15, 0.2) is 42.5 Å². The highest BCUT2D eigenvalue weighted by molar-refractivity contribution is 5.74. The Morgan fingerprint density at radius 2 is 1.86 bits per heavy atom. The predicted molar refractivity (Wildman–Crippen MR) is 78.2 cm³/mol. The number of rotatable bonds is 4. The van der Waals surface area contributed by atoms with E-state index in [-0.39, 0.29) is 6.61 Å². The molecule has 0 aromatic heterocycles. The maximum atomic E-state index is 11.7. The van der Waals surface area contributed by atoms with Crippen molar-refractivity contribution < 1.29 is 14.3 Å². The van der Waals surface area contributed by atoms with E-state index in [9.17, 15) is 4.79 Å². The zero-order valence-corrected chi connectivity index (χ0v) is 11.9. The summed E-state index contributed by atoms with van der Waals surface area (Å²) in [6, 6.07) is 14.0. The van der Waals surface area contributed by atoms with E-state index in [1.54, 1.807) is 24.3 Å². The number of hydrogen-bond donors (Lipinski definition) is 0. The second kappa shape index (κ2) is 6.58. The molecule has 0 bridgehead atoms. The van der Waals surface area contributed by atoms with Crippen molar-refractivity contribution in [1.29, 1.82) is 5.26 Å². The molecule has 0 saturated carbocycles. The first-order valence-corrected chi connectivity index (χ1v) is 6.50. The average molecular weight is 281 g/mol. The van der Waals surface area contributed by atoms with Crippen molar-refractivity contribution in [3.63, 3.8) is 0 Å². The van der Waals surface area contributed by atoms with Crippen LogP contribution in [0.25, 0.3) is 0 Å². The van der Waals surface area contributed by atoms with Crippen LogP contribution in [-0.4, -0.2) is 12.6 Å². The quantitative estimate of drug-likeness (QED) is 0.638. The van der Waals surface area contributed by atoms with Crippen LogP contribution in [0.5, 0.6) is 11.5 Å². The standard InChI is InChI=1S/C17H15NO3/c1-12-4-3-5-16(13(12)2)20-11-17(19)21-15-8-6-14(10-18)7-9-15/h3-9H,11H2,1-2H3. The fraction of sp³-hybridized carbons (Fsp3) is 0.176. The first-order chi connectivity index (χ1) is 10.1. The smallest absolute Gasteiger partial charge is 0.349 e. The lowest BCUT2D eigenvalue weighted by Crippen LogP contribution is -2.18. The largest absolute Gasteiger partial charge is 0.482 e. The molecule has 106 valence electrons. The van der Waals surface area contributed by atoms with Crippen LogP contribution >= 0.6 is 0 Å². The summed E-state index contributed by atoms with van der Waals surface area (Å²) in [5, 5.41) is 8.69. The van der Waals surface area contributed by atoms with Gasteiger partial charge in [0.2, 0.25) is 0 Å². The lowest BCUT2D eigenvalue weighted by molar-refractivity contribution is -0.136. The molecule has 21 heavy (non-hydrogen) atoms. The maximum Gasteiger partial charge on any atom is 0.349 e. The van der Waals surface area contributed by atoms with Crippen molar-refractivity contribution in [2.24, 2.45) is 0 Å². The molecule has 0 atom stereocenters. The van der Waals surface area contributed by atoms with E-state index in [1.807, 2.05) is 38.1 Å². The molecule has 4 nitrogen and oxygen atoms in total. The molecule has 0 saturated heterocycles. The molecule has 2 rings (SSSR count). The van der Waals surface area contributed by atoms with E-state index in [0.29, 0.717) is 17.1 Å². The molecule has 2 aromatic carbocycles. The van der Waals surface area contributed by atoms with Crippen molar-refractivity contribution in [3.8, 4) is 17.6 Å². The highest BCUT2D eigenvalue weighted by Crippen LogP contribution is 2.20. The molecule has 0 aliphatic rings. The Morgan fingerprint density at radius 1 is 1.14 bits per heavy atom. The van der Waals surface area contributed by atoms with Crippen LogP contribution < -0.4 is 9.47 Å². The topological polar surface area (TPSA) is 59.3 Å². The van der Waals surface area contributed by atoms with Crippen LogP contribution in [0.3, 0.4) is 0 Å². The van der Waals surface area contributed by atoms with Gasteiger partial charge in [-0.3, -0.25) is 0 Å². The Labute approximate surface area is 123 Å². The number of nitrogens with zero attached hydrogens (tertiary/aromatic N) is 1. The van der Waals surface area contributed by atoms with Gasteiger partial charge in [0, 0.05) is 0 Å². The molecule has 0 unspecified atom stereocenters. The van der Waals surface area contributed by atoms with Gasteiger partial charge < -0.3 is 9.47 Å². The lowest BCUT2D eigenvalue weighted by atomic mass is 10.1. The highest BCUT2D eigenvalue weighted by Gasteiger charge is 2.08. The SMILES string of the molecule is Cc1cccc(OCC(=O)Oc2ccc(C#N)cc2)c1C. The first kappa shape index (κ1) is 14.6. The van der Waals surface area contributed by atoms with Crippen molar-refractivity contribution in [3.05, 3.63) is 59.2 Å². The number of esters is 1. The van der Waals surface area contributed by atoms with Crippen molar-refractivity contribution in [2.45, 2.75) is 13.8 Å². The third-order valence-corrected chi connectivity index (χ3v) is 3.12. The van der Waals surface area contributed by atoms with Gasteiger partial charge in [0.05, 0.1) is 11.6 Å². The van der Waals surface area contributed by atoms with Gasteiger partial charge >= 0.3 is 5.97 Å². The number of carbonyl (C=O) groups excluding carboxylic acids is 1. The molecule has 0 N–H and O–H groups in total. The molecule has 4 heteroatoms. The number of carbonyl (C=O) groups is 1. The lowest BCUT2D eigenvalue weighted by Gasteiger charge is -2.10. The van der Waals surface area contributed by atoms with Crippen molar-refractivity contribution in [2.75, 3.05) is 6.61 Å². The summed E-state index contributed by atoms with van der Waals surface area (Å²) in [5.74, 6) is 0.580. The van der Waals surface area contributed by atoms with Gasteiger partial charge in [-0.25, -0.2) is 4.79 Å². The Bertz CT molecular complexity index is 684. The Hall–Kier alpha value is -2.80. The molecule has 2 aromatic rings. The maximum absolute atomic E-state index is 11.7. The van der Waals surface area contributed by atoms with Crippen molar-refractivity contribution >= 4 is 5.97 Å². The fourth-order valence-electron chi connectivity index (χ4n) is 1.78. The van der Waals surface area contributed by atoms with Gasteiger partial charge in [0.25, 0.3) is 0 Å². The van der Waals surface area contributed by atoms with E-state index < -0.39 is 5.97 Å². The van der Waals surface area contributed by atoms with E-state index >= 15 is 0 Å². The minimum Gasteiger partial charge on any atom is -0.482 e. The molecular formula is C17H15NO3. The zero-order chi connectivity index (χ0) is 15.2. The average Bonchev–Trinajstić information content (AvgIpc) is 2.49. The summed E-state index contributed by atoms with van der Waals surface area (Å²) in [6.07, 6.45) is 0.